The summed E-state index contributed by atoms with van der Waals surface area (Å²) in [4.78, 5) is 0. The molecule has 0 radical (unpaired) electrons. The van der Waals surface area contributed by atoms with Gasteiger partial charge in [0.15, 0.2) is 0 Å². The average molecular weight is 125 g/mol. The summed E-state index contributed by atoms with van der Waals surface area (Å²) < 4.78 is 4.83. The first-order valence-corrected chi connectivity index (χ1v) is 2.91. The Labute approximate surface area is 55.7 Å². The minimum Gasteiger partial charge on any atom is -0.380 e. The molecular formula is C7H11NO. The van der Waals surface area contributed by atoms with Gasteiger partial charge < -0.3 is 4.74 Å². The van der Waals surface area contributed by atoms with Crippen LogP contribution in [0.1, 0.15) is 13.3 Å². The first-order chi connectivity index (χ1) is 4.35. The molecule has 0 aromatic heterocycles. The third-order valence-electron chi connectivity index (χ3n) is 1.05. The number of ether oxygens (including phenoxy) is 1. The van der Waals surface area contributed by atoms with Crippen LogP contribution in [0.2, 0.25) is 0 Å². The van der Waals surface area contributed by atoms with E-state index in [-0.39, 0.29) is 0 Å². The Hall–Kier alpha value is -0.810. The number of nitrogens with zero attached hydrogens (tertiary/aromatic N) is 1. The first-order valence-electron chi connectivity index (χ1n) is 2.91. The second-order valence-electron chi connectivity index (χ2n) is 1.72. The summed E-state index contributed by atoms with van der Waals surface area (Å²) >= 11 is 0. The highest BCUT2D eigenvalue weighted by Crippen LogP contribution is 1.98. The molecule has 0 aromatic rings. The quantitative estimate of drug-likeness (QED) is 0.535. The monoisotopic (exact) mass is 125 g/mol. The van der Waals surface area contributed by atoms with Gasteiger partial charge in [-0.2, -0.15) is 5.26 Å². The Morgan fingerprint density at radius 2 is 2.44 bits per heavy atom. The maximum absolute atomic E-state index is 8.21. The molecule has 0 aliphatic heterocycles. The summed E-state index contributed by atoms with van der Waals surface area (Å²) in [6.45, 7) is 2.58. The van der Waals surface area contributed by atoms with Crippen LogP contribution in [-0.2, 0) is 4.74 Å². The lowest BCUT2D eigenvalue weighted by atomic mass is 10.2. The van der Waals surface area contributed by atoms with Crippen LogP contribution in [0, 0.1) is 11.3 Å². The van der Waals surface area contributed by atoms with Gasteiger partial charge >= 0.3 is 0 Å². The number of allylic oxidation sites excluding steroid dienone is 1. The second kappa shape index (κ2) is 5.33. The lowest BCUT2D eigenvalue weighted by Crippen LogP contribution is -1.91. The number of nitriles is 1. The molecule has 0 aliphatic rings. The standard InChI is InChI=1S/C7H11NO/c1-3-7(4-5-8)6-9-2/h4H,3,6H2,1-2H3. The lowest BCUT2D eigenvalue weighted by Gasteiger charge is -1.97. The van der Waals surface area contributed by atoms with Crippen molar-refractivity contribution in [1.29, 1.82) is 5.26 Å². The molecule has 0 saturated heterocycles. The van der Waals surface area contributed by atoms with Crippen LogP contribution in [0.5, 0.6) is 0 Å². The molecule has 0 aromatic carbocycles. The molecule has 9 heavy (non-hydrogen) atoms. The molecule has 0 atom stereocenters. The van der Waals surface area contributed by atoms with Crippen LogP contribution in [0.3, 0.4) is 0 Å². The molecular weight excluding hydrogens is 114 g/mol. The van der Waals surface area contributed by atoms with Crippen molar-refractivity contribution in [3.05, 3.63) is 11.6 Å². The molecule has 0 bridgehead atoms. The van der Waals surface area contributed by atoms with Gasteiger partial charge in [0.05, 0.1) is 12.7 Å². The highest BCUT2D eigenvalue weighted by molar-refractivity contribution is 5.13. The van der Waals surface area contributed by atoms with E-state index in [1.165, 1.54) is 6.08 Å². The summed E-state index contributed by atoms with van der Waals surface area (Å²) in [5, 5.41) is 8.21. The van der Waals surface area contributed by atoms with E-state index < -0.39 is 0 Å². The van der Waals surface area contributed by atoms with Gasteiger partial charge in [0.2, 0.25) is 0 Å². The van der Waals surface area contributed by atoms with Crippen LogP contribution >= 0.6 is 0 Å². The first kappa shape index (κ1) is 8.19. The molecule has 0 heterocycles. The molecule has 0 aliphatic carbocycles. The van der Waals surface area contributed by atoms with Gasteiger partial charge in [-0.25, -0.2) is 0 Å². The highest BCUT2D eigenvalue weighted by Gasteiger charge is 1.89. The molecule has 0 fully saturated rings. The maximum Gasteiger partial charge on any atom is 0.0912 e. The van der Waals surface area contributed by atoms with Gasteiger partial charge in [0.25, 0.3) is 0 Å². The fourth-order valence-electron chi connectivity index (χ4n) is 0.522. The maximum atomic E-state index is 8.21. The Morgan fingerprint density at radius 3 is 2.78 bits per heavy atom. The van der Waals surface area contributed by atoms with E-state index in [0.717, 1.165) is 12.0 Å². The Morgan fingerprint density at radius 1 is 1.78 bits per heavy atom. The van der Waals surface area contributed by atoms with Gasteiger partial charge in [0.1, 0.15) is 0 Å². The predicted molar refractivity (Wildman–Crippen MR) is 35.9 cm³/mol. The fourth-order valence-corrected chi connectivity index (χ4v) is 0.522. The molecule has 2 heteroatoms. The van der Waals surface area contributed by atoms with Crippen LogP contribution in [0.25, 0.3) is 0 Å². The summed E-state index contributed by atoms with van der Waals surface area (Å²) in [6.07, 6.45) is 2.42. The lowest BCUT2D eigenvalue weighted by molar-refractivity contribution is 0.223. The van der Waals surface area contributed by atoms with E-state index in [9.17, 15) is 0 Å². The minimum absolute atomic E-state index is 0.573. The molecule has 2 nitrogen and oxygen atoms in total. The summed E-state index contributed by atoms with van der Waals surface area (Å²) in [5.74, 6) is 0. The van der Waals surface area contributed by atoms with Gasteiger partial charge in [-0.15, -0.1) is 0 Å². The molecule has 0 amide bonds. The molecule has 0 N–H and O–H groups in total. The summed E-state index contributed by atoms with van der Waals surface area (Å²) in [7, 11) is 1.63. The van der Waals surface area contributed by atoms with Crippen molar-refractivity contribution >= 4 is 0 Å². The Bertz CT molecular complexity index is 132. The molecule has 0 unspecified atom stereocenters. The Balaban J connectivity index is 3.70. The normalized spacial score (nSPS) is 11.0. The zero-order valence-corrected chi connectivity index (χ0v) is 5.85. The third kappa shape index (κ3) is 3.75. The molecule has 0 rings (SSSR count). The third-order valence-corrected chi connectivity index (χ3v) is 1.05. The average Bonchev–Trinajstić information content (AvgIpc) is 1.88. The van der Waals surface area contributed by atoms with E-state index in [2.05, 4.69) is 0 Å². The predicted octanol–water partition coefficient (Wildman–Crippen LogP) is 1.49. The van der Waals surface area contributed by atoms with E-state index in [1.807, 2.05) is 13.0 Å². The van der Waals surface area contributed by atoms with Crippen LogP contribution in [0.15, 0.2) is 11.6 Å². The van der Waals surface area contributed by atoms with Crippen LogP contribution in [-0.4, -0.2) is 13.7 Å². The van der Waals surface area contributed by atoms with E-state index in [0.29, 0.717) is 6.61 Å². The van der Waals surface area contributed by atoms with E-state index >= 15 is 0 Å². The van der Waals surface area contributed by atoms with Crippen molar-refractivity contribution in [2.45, 2.75) is 13.3 Å². The van der Waals surface area contributed by atoms with Crippen molar-refractivity contribution in [2.24, 2.45) is 0 Å². The SMILES string of the molecule is CCC(=CC#N)COC. The summed E-state index contributed by atoms with van der Waals surface area (Å²) in [6, 6.07) is 1.96. The Kier molecular flexibility index (Phi) is 4.85. The smallest absolute Gasteiger partial charge is 0.0912 e. The fraction of sp³-hybridized carbons (Fsp3) is 0.571. The van der Waals surface area contributed by atoms with Crippen LogP contribution in [0.4, 0.5) is 0 Å². The largest absolute Gasteiger partial charge is 0.380 e. The van der Waals surface area contributed by atoms with Crippen molar-refractivity contribution in [1.82, 2.24) is 0 Å². The number of hydrogen-bond donors (Lipinski definition) is 0. The van der Waals surface area contributed by atoms with Gasteiger partial charge in [-0.3, -0.25) is 0 Å². The van der Waals surface area contributed by atoms with Crippen LogP contribution < -0.4 is 0 Å². The van der Waals surface area contributed by atoms with Crippen molar-refractivity contribution < 1.29 is 4.74 Å². The van der Waals surface area contributed by atoms with Crippen molar-refractivity contribution in [3.63, 3.8) is 0 Å². The molecule has 50 valence electrons. The number of hydrogen-bond acceptors (Lipinski definition) is 2. The van der Waals surface area contributed by atoms with Crippen molar-refractivity contribution in [2.75, 3.05) is 13.7 Å². The zero-order valence-electron chi connectivity index (χ0n) is 5.85. The second-order valence-corrected chi connectivity index (χ2v) is 1.72. The van der Waals surface area contributed by atoms with Gasteiger partial charge in [0, 0.05) is 13.2 Å². The van der Waals surface area contributed by atoms with E-state index in [1.54, 1.807) is 7.11 Å². The molecule has 0 saturated carbocycles. The summed E-state index contributed by atoms with van der Waals surface area (Å²) in [5.41, 5.74) is 1.04. The van der Waals surface area contributed by atoms with E-state index in [4.69, 9.17) is 10.00 Å². The topological polar surface area (TPSA) is 33.0 Å². The minimum atomic E-state index is 0.573. The number of rotatable bonds is 3. The van der Waals surface area contributed by atoms with Gasteiger partial charge in [-0.05, 0) is 12.0 Å². The van der Waals surface area contributed by atoms with Gasteiger partial charge in [-0.1, -0.05) is 6.92 Å². The molecule has 0 spiro atoms. The van der Waals surface area contributed by atoms with Crippen molar-refractivity contribution in [3.8, 4) is 6.07 Å². The highest BCUT2D eigenvalue weighted by atomic mass is 16.5. The number of methoxy groups -OCH3 is 1. The zero-order chi connectivity index (χ0) is 7.11.